The normalized spacial score (nSPS) is 11.3. The summed E-state index contributed by atoms with van der Waals surface area (Å²) in [5.41, 5.74) is 0.310. The Hall–Kier alpha value is -2.70. The molecule has 1 aromatic carbocycles. The molecular formula is C11H9FN4O2. The van der Waals surface area contributed by atoms with E-state index in [1.165, 1.54) is 36.7 Å². The van der Waals surface area contributed by atoms with Gasteiger partial charge in [-0.1, -0.05) is 6.07 Å². The van der Waals surface area contributed by atoms with Crippen LogP contribution in [0, 0.1) is 5.82 Å². The highest BCUT2D eigenvalue weighted by Crippen LogP contribution is 2.08. The Labute approximate surface area is 101 Å². The standard InChI is InChI=1S/C11H9FN4O2/c12-8-2-1-3-9(6-8)14-11(17)15-10-4-5-16(18)13-7-10/h1-7,18H,(H,14,17)/b15-10-. The maximum atomic E-state index is 12.9. The highest BCUT2D eigenvalue weighted by atomic mass is 19.1. The molecule has 6 nitrogen and oxygen atoms in total. The van der Waals surface area contributed by atoms with Crippen LogP contribution in [0.3, 0.4) is 0 Å². The molecule has 1 heterocycles. The monoisotopic (exact) mass is 248 g/mol. The van der Waals surface area contributed by atoms with Crippen molar-refractivity contribution in [1.82, 2.24) is 9.94 Å². The van der Waals surface area contributed by atoms with Crippen LogP contribution in [0.5, 0.6) is 0 Å². The third-order valence-corrected chi connectivity index (χ3v) is 1.99. The molecule has 0 spiro atoms. The number of anilines is 1. The highest BCUT2D eigenvalue weighted by Gasteiger charge is 2.00. The number of aromatic nitrogens is 2. The van der Waals surface area contributed by atoms with Gasteiger partial charge < -0.3 is 10.5 Å². The topological polar surface area (TPSA) is 79.5 Å². The quantitative estimate of drug-likeness (QED) is 0.748. The number of benzene rings is 1. The molecule has 2 N–H and O–H groups in total. The van der Waals surface area contributed by atoms with Crippen molar-refractivity contribution in [2.45, 2.75) is 0 Å². The van der Waals surface area contributed by atoms with E-state index < -0.39 is 11.8 Å². The van der Waals surface area contributed by atoms with Crippen LogP contribution in [0.15, 0.2) is 47.7 Å². The summed E-state index contributed by atoms with van der Waals surface area (Å²) in [5, 5.41) is 15.0. The van der Waals surface area contributed by atoms with Crippen LogP contribution >= 0.6 is 0 Å². The van der Waals surface area contributed by atoms with E-state index in [1.54, 1.807) is 6.07 Å². The molecule has 0 unspecified atom stereocenters. The van der Waals surface area contributed by atoms with Crippen LogP contribution in [0.1, 0.15) is 0 Å². The van der Waals surface area contributed by atoms with Gasteiger partial charge in [-0.2, -0.15) is 4.99 Å². The summed E-state index contributed by atoms with van der Waals surface area (Å²) in [4.78, 5) is 15.7. The molecule has 1 aromatic heterocycles. The second-order valence-corrected chi connectivity index (χ2v) is 3.36. The van der Waals surface area contributed by atoms with Crippen molar-refractivity contribution in [2.75, 3.05) is 5.32 Å². The lowest BCUT2D eigenvalue weighted by Crippen LogP contribution is -2.14. The number of carbonyl (C=O) groups excluding carboxylic acids is 1. The Morgan fingerprint density at radius 3 is 2.94 bits per heavy atom. The third-order valence-electron chi connectivity index (χ3n) is 1.99. The first-order chi connectivity index (χ1) is 8.63. The second kappa shape index (κ2) is 5.09. The Balaban J connectivity index is 2.14. The highest BCUT2D eigenvalue weighted by molar-refractivity contribution is 5.89. The van der Waals surface area contributed by atoms with Crippen LogP contribution < -0.4 is 10.7 Å². The number of hydrogen-bond acceptors (Lipinski definition) is 3. The van der Waals surface area contributed by atoms with Crippen LogP contribution in [0.2, 0.25) is 0 Å². The van der Waals surface area contributed by atoms with Gasteiger partial charge in [0.2, 0.25) is 0 Å². The van der Waals surface area contributed by atoms with E-state index in [2.05, 4.69) is 15.4 Å². The maximum absolute atomic E-state index is 12.9. The SMILES string of the molecule is O=C(/N=c1/ccn(O)nc1)Nc1cccc(F)c1. The summed E-state index contributed by atoms with van der Waals surface area (Å²) >= 11 is 0. The minimum absolute atomic E-state index is 0.272. The molecule has 0 saturated heterocycles. The fourth-order valence-electron chi connectivity index (χ4n) is 1.24. The fourth-order valence-corrected chi connectivity index (χ4v) is 1.24. The summed E-state index contributed by atoms with van der Waals surface area (Å²) in [6, 6.07) is 6.22. The number of rotatable bonds is 1. The van der Waals surface area contributed by atoms with Crippen LogP contribution in [0.25, 0.3) is 0 Å². The predicted molar refractivity (Wildman–Crippen MR) is 60.4 cm³/mol. The Kier molecular flexibility index (Phi) is 3.33. The van der Waals surface area contributed by atoms with E-state index in [0.717, 1.165) is 0 Å². The van der Waals surface area contributed by atoms with E-state index in [9.17, 15) is 9.18 Å². The molecule has 2 aromatic rings. The summed E-state index contributed by atoms with van der Waals surface area (Å²) in [6.07, 6.45) is 2.44. The first-order valence-electron chi connectivity index (χ1n) is 4.99. The van der Waals surface area contributed by atoms with E-state index in [1.807, 2.05) is 0 Å². The van der Waals surface area contributed by atoms with Gasteiger partial charge in [0, 0.05) is 5.69 Å². The largest absolute Gasteiger partial charge is 0.412 e. The van der Waals surface area contributed by atoms with Crippen molar-refractivity contribution in [2.24, 2.45) is 4.99 Å². The molecule has 0 fully saturated rings. The van der Waals surface area contributed by atoms with Gasteiger partial charge >= 0.3 is 6.03 Å². The molecule has 92 valence electrons. The molecule has 2 rings (SSSR count). The van der Waals surface area contributed by atoms with Crippen LogP contribution in [0.4, 0.5) is 14.9 Å². The minimum atomic E-state index is -0.655. The average Bonchev–Trinajstić information content (AvgIpc) is 2.32. The molecule has 0 radical (unpaired) electrons. The lowest BCUT2D eigenvalue weighted by molar-refractivity contribution is 0.143. The first-order valence-corrected chi connectivity index (χ1v) is 4.99. The van der Waals surface area contributed by atoms with Crippen LogP contribution in [-0.2, 0) is 0 Å². The summed E-state index contributed by atoms with van der Waals surface area (Å²) in [7, 11) is 0. The molecule has 0 aliphatic rings. The van der Waals surface area contributed by atoms with Gasteiger partial charge in [0.25, 0.3) is 0 Å². The molecule has 0 aliphatic carbocycles. The van der Waals surface area contributed by atoms with Crippen LogP contribution in [-0.4, -0.2) is 21.2 Å². The zero-order valence-corrected chi connectivity index (χ0v) is 9.12. The first kappa shape index (κ1) is 11.8. The number of nitrogens with one attached hydrogen (secondary N) is 1. The van der Waals surface area contributed by atoms with Crippen molar-refractivity contribution < 1.29 is 14.4 Å². The van der Waals surface area contributed by atoms with Gasteiger partial charge in [0.15, 0.2) is 0 Å². The molecule has 18 heavy (non-hydrogen) atoms. The summed E-state index contributed by atoms with van der Waals surface area (Å²) in [5.74, 6) is -0.449. The van der Waals surface area contributed by atoms with Crippen molar-refractivity contribution in [3.63, 3.8) is 0 Å². The zero-order valence-electron chi connectivity index (χ0n) is 9.12. The van der Waals surface area contributed by atoms with E-state index in [4.69, 9.17) is 5.21 Å². The molecule has 0 bridgehead atoms. The third kappa shape index (κ3) is 3.14. The Morgan fingerprint density at radius 2 is 2.28 bits per heavy atom. The maximum Gasteiger partial charge on any atom is 0.345 e. The van der Waals surface area contributed by atoms with Gasteiger partial charge in [0.1, 0.15) is 5.82 Å². The molecule has 0 atom stereocenters. The summed E-state index contributed by atoms with van der Waals surface area (Å²) < 4.78 is 12.9. The predicted octanol–water partition coefficient (Wildman–Crippen LogP) is 1.39. The number of carbonyl (C=O) groups is 1. The number of halogens is 1. The van der Waals surface area contributed by atoms with E-state index >= 15 is 0 Å². The van der Waals surface area contributed by atoms with Crippen molar-refractivity contribution in [3.8, 4) is 0 Å². The van der Waals surface area contributed by atoms with Crippen molar-refractivity contribution in [1.29, 1.82) is 0 Å². The average molecular weight is 248 g/mol. The lowest BCUT2D eigenvalue weighted by Gasteiger charge is -2.00. The number of urea groups is 1. The molecular weight excluding hydrogens is 239 g/mol. The van der Waals surface area contributed by atoms with Gasteiger partial charge in [-0.3, -0.25) is 0 Å². The summed E-state index contributed by atoms with van der Waals surface area (Å²) in [6.45, 7) is 0. The number of hydrogen-bond donors (Lipinski definition) is 2. The van der Waals surface area contributed by atoms with Gasteiger partial charge in [0.05, 0.1) is 17.8 Å². The van der Waals surface area contributed by atoms with Crippen molar-refractivity contribution >= 4 is 11.7 Å². The zero-order chi connectivity index (χ0) is 13.0. The lowest BCUT2D eigenvalue weighted by atomic mass is 10.3. The Bertz CT molecular complexity index is 618. The van der Waals surface area contributed by atoms with Gasteiger partial charge in [-0.05, 0) is 24.3 Å². The molecule has 0 saturated carbocycles. The minimum Gasteiger partial charge on any atom is -0.412 e. The molecule has 0 aliphatic heterocycles. The molecule has 2 amide bonds. The Morgan fingerprint density at radius 1 is 1.44 bits per heavy atom. The molecule has 7 heteroatoms. The van der Waals surface area contributed by atoms with Crippen molar-refractivity contribution in [3.05, 3.63) is 53.9 Å². The van der Waals surface area contributed by atoms with Gasteiger partial charge in [-0.25, -0.2) is 9.18 Å². The smallest absolute Gasteiger partial charge is 0.345 e. The number of amides is 2. The second-order valence-electron chi connectivity index (χ2n) is 3.36. The number of nitrogens with zero attached hydrogens (tertiary/aromatic N) is 3. The van der Waals surface area contributed by atoms with Gasteiger partial charge in [-0.15, -0.1) is 9.94 Å². The van der Waals surface area contributed by atoms with E-state index in [0.29, 0.717) is 10.5 Å². The van der Waals surface area contributed by atoms with E-state index in [-0.39, 0.29) is 5.36 Å². The fraction of sp³-hybridized carbons (Fsp3) is 0.